The standard InChI is InChI=1S/C18H18N4OS/c1-22-11-14(9-20-22)18-19-10-16(24-18)17(23)21-15-7-6-12-4-2-3-5-13(12)8-15/h2-5,9-11,15H,6-8H2,1H3,(H,21,23). The summed E-state index contributed by atoms with van der Waals surface area (Å²) in [5.74, 6) is -0.0352. The van der Waals surface area contributed by atoms with E-state index in [-0.39, 0.29) is 11.9 Å². The Morgan fingerprint density at radius 3 is 2.92 bits per heavy atom. The normalized spacial score (nSPS) is 16.6. The number of aryl methyl sites for hydroxylation is 2. The number of nitrogens with zero attached hydrogens (tertiary/aromatic N) is 3. The number of hydrogen-bond acceptors (Lipinski definition) is 4. The molecule has 5 nitrogen and oxygen atoms in total. The van der Waals surface area contributed by atoms with Crippen LogP contribution in [0.4, 0.5) is 0 Å². The van der Waals surface area contributed by atoms with Gasteiger partial charge in [-0.05, 0) is 30.4 Å². The van der Waals surface area contributed by atoms with Crippen LogP contribution in [0.2, 0.25) is 0 Å². The molecule has 122 valence electrons. The molecule has 1 aromatic carbocycles. The highest BCUT2D eigenvalue weighted by Crippen LogP contribution is 2.25. The van der Waals surface area contributed by atoms with Crippen LogP contribution >= 0.6 is 11.3 Å². The van der Waals surface area contributed by atoms with Crippen LogP contribution in [0.25, 0.3) is 10.6 Å². The van der Waals surface area contributed by atoms with Crippen LogP contribution in [-0.2, 0) is 19.9 Å². The van der Waals surface area contributed by atoms with Gasteiger partial charge in [0.1, 0.15) is 9.88 Å². The number of nitrogens with one attached hydrogen (secondary N) is 1. The first-order chi connectivity index (χ1) is 11.7. The van der Waals surface area contributed by atoms with Gasteiger partial charge in [0.15, 0.2) is 0 Å². The molecule has 1 atom stereocenters. The maximum Gasteiger partial charge on any atom is 0.263 e. The van der Waals surface area contributed by atoms with Gasteiger partial charge in [-0.2, -0.15) is 5.10 Å². The fourth-order valence-corrected chi connectivity index (χ4v) is 3.92. The zero-order valence-corrected chi connectivity index (χ0v) is 14.2. The summed E-state index contributed by atoms with van der Waals surface area (Å²) < 4.78 is 1.73. The van der Waals surface area contributed by atoms with Crippen molar-refractivity contribution in [1.29, 1.82) is 0 Å². The fourth-order valence-electron chi connectivity index (χ4n) is 3.12. The van der Waals surface area contributed by atoms with Crippen LogP contribution in [0.1, 0.15) is 27.2 Å². The van der Waals surface area contributed by atoms with E-state index in [2.05, 4.69) is 39.7 Å². The molecule has 0 saturated carbocycles. The van der Waals surface area contributed by atoms with Crippen molar-refractivity contribution in [3.05, 3.63) is 58.9 Å². The Balaban J connectivity index is 1.45. The van der Waals surface area contributed by atoms with Crippen molar-refractivity contribution < 1.29 is 4.79 Å². The molecule has 1 aliphatic carbocycles. The average molecular weight is 338 g/mol. The summed E-state index contributed by atoms with van der Waals surface area (Å²) in [5.41, 5.74) is 3.68. The number of fused-ring (bicyclic) bond motifs is 1. The van der Waals surface area contributed by atoms with Gasteiger partial charge in [0.25, 0.3) is 5.91 Å². The second kappa shape index (κ2) is 6.20. The predicted molar refractivity (Wildman–Crippen MR) is 94.0 cm³/mol. The summed E-state index contributed by atoms with van der Waals surface area (Å²) in [6.45, 7) is 0. The molecule has 0 saturated heterocycles. The Kier molecular flexibility index (Phi) is 3.90. The average Bonchev–Trinajstić information content (AvgIpc) is 3.23. The number of carbonyl (C=O) groups excluding carboxylic acids is 1. The Hall–Kier alpha value is -2.47. The van der Waals surface area contributed by atoms with E-state index in [1.54, 1.807) is 17.1 Å². The third-order valence-corrected chi connectivity index (χ3v) is 5.41. The van der Waals surface area contributed by atoms with Crippen molar-refractivity contribution in [3.8, 4) is 10.6 Å². The molecule has 0 aliphatic heterocycles. The van der Waals surface area contributed by atoms with Crippen LogP contribution < -0.4 is 5.32 Å². The smallest absolute Gasteiger partial charge is 0.263 e. The molecule has 1 aliphatic rings. The quantitative estimate of drug-likeness (QED) is 0.799. The van der Waals surface area contributed by atoms with Crippen LogP contribution in [0.3, 0.4) is 0 Å². The minimum Gasteiger partial charge on any atom is -0.348 e. The number of carbonyl (C=O) groups is 1. The van der Waals surface area contributed by atoms with Gasteiger partial charge in [-0.1, -0.05) is 24.3 Å². The minimum absolute atomic E-state index is 0.0352. The lowest BCUT2D eigenvalue weighted by Gasteiger charge is -2.25. The van der Waals surface area contributed by atoms with E-state index >= 15 is 0 Å². The number of rotatable bonds is 3. The Morgan fingerprint density at radius 1 is 1.29 bits per heavy atom. The van der Waals surface area contributed by atoms with Gasteiger partial charge in [0.05, 0.1) is 12.4 Å². The van der Waals surface area contributed by atoms with Crippen molar-refractivity contribution >= 4 is 17.2 Å². The van der Waals surface area contributed by atoms with E-state index in [0.717, 1.165) is 29.8 Å². The molecule has 4 rings (SSSR count). The molecular weight excluding hydrogens is 320 g/mol. The first kappa shape index (κ1) is 15.1. The third kappa shape index (κ3) is 2.97. The number of thiazole rings is 1. The van der Waals surface area contributed by atoms with Gasteiger partial charge in [-0.15, -0.1) is 11.3 Å². The SMILES string of the molecule is Cn1cc(-c2ncc(C(=O)NC3CCc4ccccc4C3)s2)cn1. The zero-order valence-electron chi connectivity index (χ0n) is 13.4. The van der Waals surface area contributed by atoms with Crippen LogP contribution in [0.5, 0.6) is 0 Å². The van der Waals surface area contributed by atoms with E-state index in [1.807, 2.05) is 13.2 Å². The predicted octanol–water partition coefficient (Wildman–Crippen LogP) is 2.83. The highest BCUT2D eigenvalue weighted by Gasteiger charge is 2.21. The van der Waals surface area contributed by atoms with E-state index in [4.69, 9.17) is 0 Å². The molecular formula is C18H18N4OS. The van der Waals surface area contributed by atoms with Crippen molar-refractivity contribution in [1.82, 2.24) is 20.1 Å². The van der Waals surface area contributed by atoms with Crippen LogP contribution in [0.15, 0.2) is 42.9 Å². The molecule has 24 heavy (non-hydrogen) atoms. The molecule has 1 N–H and O–H groups in total. The summed E-state index contributed by atoms with van der Waals surface area (Å²) >= 11 is 1.41. The largest absolute Gasteiger partial charge is 0.348 e. The first-order valence-electron chi connectivity index (χ1n) is 8.01. The second-order valence-electron chi connectivity index (χ2n) is 6.11. The van der Waals surface area contributed by atoms with Crippen molar-refractivity contribution in [2.45, 2.75) is 25.3 Å². The van der Waals surface area contributed by atoms with E-state index in [1.165, 1.54) is 22.5 Å². The van der Waals surface area contributed by atoms with E-state index < -0.39 is 0 Å². The Labute approximate surface area is 144 Å². The summed E-state index contributed by atoms with van der Waals surface area (Å²) in [5, 5.41) is 8.12. The molecule has 3 aromatic rings. The van der Waals surface area contributed by atoms with E-state index in [9.17, 15) is 4.79 Å². The molecule has 6 heteroatoms. The van der Waals surface area contributed by atoms with Gasteiger partial charge in [-0.3, -0.25) is 9.48 Å². The number of amides is 1. The minimum atomic E-state index is -0.0352. The molecule has 0 fully saturated rings. The highest BCUT2D eigenvalue weighted by molar-refractivity contribution is 7.16. The maximum absolute atomic E-state index is 12.5. The van der Waals surface area contributed by atoms with E-state index in [0.29, 0.717) is 4.88 Å². The topological polar surface area (TPSA) is 59.8 Å². The molecule has 0 radical (unpaired) electrons. The molecule has 2 heterocycles. The lowest BCUT2D eigenvalue weighted by Crippen LogP contribution is -2.38. The summed E-state index contributed by atoms with van der Waals surface area (Å²) in [4.78, 5) is 17.5. The number of aromatic nitrogens is 3. The van der Waals surface area contributed by atoms with Gasteiger partial charge >= 0.3 is 0 Å². The highest BCUT2D eigenvalue weighted by atomic mass is 32.1. The molecule has 0 spiro atoms. The fraction of sp³-hybridized carbons (Fsp3) is 0.278. The number of benzene rings is 1. The summed E-state index contributed by atoms with van der Waals surface area (Å²) in [6.07, 6.45) is 8.22. The van der Waals surface area contributed by atoms with Crippen molar-refractivity contribution in [3.63, 3.8) is 0 Å². The number of hydrogen-bond donors (Lipinski definition) is 1. The summed E-state index contributed by atoms with van der Waals surface area (Å²) in [7, 11) is 1.87. The van der Waals surface area contributed by atoms with Gasteiger partial charge in [-0.25, -0.2) is 4.98 Å². The Morgan fingerprint density at radius 2 is 2.12 bits per heavy atom. The maximum atomic E-state index is 12.5. The first-order valence-corrected chi connectivity index (χ1v) is 8.83. The second-order valence-corrected chi connectivity index (χ2v) is 7.14. The van der Waals surface area contributed by atoms with Crippen molar-refractivity contribution in [2.24, 2.45) is 7.05 Å². The molecule has 1 unspecified atom stereocenters. The monoisotopic (exact) mass is 338 g/mol. The molecule has 1 amide bonds. The van der Waals surface area contributed by atoms with Crippen molar-refractivity contribution in [2.75, 3.05) is 0 Å². The Bertz CT molecular complexity index is 883. The van der Waals surface area contributed by atoms with Gasteiger partial charge in [0, 0.05) is 24.8 Å². The molecule has 0 bridgehead atoms. The van der Waals surface area contributed by atoms with Crippen LogP contribution in [-0.4, -0.2) is 26.7 Å². The zero-order chi connectivity index (χ0) is 16.5. The van der Waals surface area contributed by atoms with Gasteiger partial charge in [0.2, 0.25) is 0 Å². The third-order valence-electron chi connectivity index (χ3n) is 4.36. The lowest BCUT2D eigenvalue weighted by atomic mass is 9.88. The molecule has 2 aromatic heterocycles. The van der Waals surface area contributed by atoms with Crippen LogP contribution in [0, 0.1) is 0 Å². The summed E-state index contributed by atoms with van der Waals surface area (Å²) in [6, 6.07) is 8.66. The van der Waals surface area contributed by atoms with Gasteiger partial charge < -0.3 is 5.32 Å². The lowest BCUT2D eigenvalue weighted by molar-refractivity contribution is 0.0937.